The monoisotopic (exact) mass is 233 g/mol. The van der Waals surface area contributed by atoms with E-state index in [4.69, 9.17) is 4.74 Å². The molecule has 1 saturated heterocycles. The summed E-state index contributed by atoms with van der Waals surface area (Å²) in [6.45, 7) is 4.74. The van der Waals surface area contributed by atoms with Crippen LogP contribution in [0.25, 0.3) is 0 Å². The van der Waals surface area contributed by atoms with Crippen molar-refractivity contribution in [3.63, 3.8) is 0 Å². The Morgan fingerprint density at radius 3 is 2.71 bits per heavy atom. The number of rotatable bonds is 2. The molecule has 17 heavy (non-hydrogen) atoms. The second-order valence-corrected chi connectivity index (χ2v) is 5.15. The Hall–Kier alpha value is -1.35. The Morgan fingerprint density at radius 2 is 2.06 bits per heavy atom. The van der Waals surface area contributed by atoms with Gasteiger partial charge in [0, 0.05) is 18.2 Å². The maximum atomic E-state index is 12.1. The molecule has 1 fully saturated rings. The van der Waals surface area contributed by atoms with Crippen LogP contribution in [-0.2, 0) is 9.53 Å². The van der Waals surface area contributed by atoms with Crippen LogP contribution >= 0.6 is 0 Å². The van der Waals surface area contributed by atoms with E-state index in [9.17, 15) is 4.79 Å². The third-order valence-corrected chi connectivity index (χ3v) is 3.11. The highest BCUT2D eigenvalue weighted by Gasteiger charge is 2.32. The largest absolute Gasteiger partial charge is 0.376 e. The lowest BCUT2D eigenvalue weighted by atomic mass is 9.88. The van der Waals surface area contributed by atoms with Crippen LogP contribution in [-0.4, -0.2) is 18.1 Å². The van der Waals surface area contributed by atoms with Crippen molar-refractivity contribution in [1.29, 1.82) is 0 Å². The van der Waals surface area contributed by atoms with Crippen molar-refractivity contribution < 1.29 is 9.53 Å². The second-order valence-electron chi connectivity index (χ2n) is 5.15. The number of hydrogen-bond donors (Lipinski definition) is 1. The number of ether oxygens (including phenoxy) is 1. The molecule has 0 aliphatic carbocycles. The van der Waals surface area contributed by atoms with E-state index in [0.29, 0.717) is 6.61 Å². The number of carbonyl (C=O) groups excluding carboxylic acids is 1. The van der Waals surface area contributed by atoms with Crippen LogP contribution in [0.15, 0.2) is 30.3 Å². The average Bonchev–Trinajstić information content (AvgIpc) is 2.29. The molecule has 1 heterocycles. The van der Waals surface area contributed by atoms with Gasteiger partial charge < -0.3 is 10.1 Å². The molecule has 0 spiro atoms. The summed E-state index contributed by atoms with van der Waals surface area (Å²) in [7, 11) is 0. The van der Waals surface area contributed by atoms with E-state index in [0.717, 1.165) is 18.5 Å². The molecule has 0 bridgehead atoms. The number of para-hydroxylation sites is 1. The van der Waals surface area contributed by atoms with E-state index in [1.165, 1.54) is 0 Å². The minimum absolute atomic E-state index is 0.0546. The van der Waals surface area contributed by atoms with E-state index in [1.54, 1.807) is 0 Å². The van der Waals surface area contributed by atoms with Gasteiger partial charge in [-0.15, -0.1) is 0 Å². The number of hydrogen-bond acceptors (Lipinski definition) is 2. The first-order valence-corrected chi connectivity index (χ1v) is 6.07. The lowest BCUT2D eigenvalue weighted by Gasteiger charge is -2.34. The topological polar surface area (TPSA) is 38.3 Å². The lowest BCUT2D eigenvalue weighted by Crippen LogP contribution is -2.39. The molecule has 92 valence electrons. The fourth-order valence-corrected chi connectivity index (χ4v) is 2.22. The maximum Gasteiger partial charge on any atom is 0.227 e. The number of nitrogens with one attached hydrogen (secondary N) is 1. The number of amides is 1. The average molecular weight is 233 g/mol. The fourth-order valence-electron chi connectivity index (χ4n) is 2.22. The standard InChI is InChI=1S/C14H19NO2/c1-14(2)10-11(8-9-17-14)13(16)15-12-6-4-3-5-7-12/h3-7,11H,8-10H2,1-2H3,(H,15,16). The molecule has 2 rings (SSSR count). The Balaban J connectivity index is 1.96. The SMILES string of the molecule is CC1(C)CC(C(=O)Nc2ccccc2)CCO1. The first-order valence-electron chi connectivity index (χ1n) is 6.07. The maximum absolute atomic E-state index is 12.1. The van der Waals surface area contributed by atoms with Crippen molar-refractivity contribution in [3.8, 4) is 0 Å². The highest BCUT2D eigenvalue weighted by atomic mass is 16.5. The van der Waals surface area contributed by atoms with Gasteiger partial charge >= 0.3 is 0 Å². The molecule has 1 aliphatic rings. The van der Waals surface area contributed by atoms with E-state index in [2.05, 4.69) is 5.32 Å². The highest BCUT2D eigenvalue weighted by molar-refractivity contribution is 5.92. The van der Waals surface area contributed by atoms with Gasteiger partial charge in [-0.05, 0) is 38.8 Å². The summed E-state index contributed by atoms with van der Waals surface area (Å²) < 4.78 is 5.62. The van der Waals surface area contributed by atoms with Gasteiger partial charge in [0.25, 0.3) is 0 Å². The van der Waals surface area contributed by atoms with Gasteiger partial charge in [0.15, 0.2) is 0 Å². The van der Waals surface area contributed by atoms with Gasteiger partial charge in [-0.2, -0.15) is 0 Å². The summed E-state index contributed by atoms with van der Waals surface area (Å²) in [4.78, 5) is 12.1. The van der Waals surface area contributed by atoms with Crippen molar-refractivity contribution in [2.75, 3.05) is 11.9 Å². The Labute approximate surface area is 102 Å². The van der Waals surface area contributed by atoms with Gasteiger partial charge in [-0.3, -0.25) is 4.79 Å². The molecule has 1 aliphatic heterocycles. The third-order valence-electron chi connectivity index (χ3n) is 3.11. The van der Waals surface area contributed by atoms with Gasteiger partial charge in [0.05, 0.1) is 5.60 Å². The molecule has 1 aromatic rings. The van der Waals surface area contributed by atoms with E-state index < -0.39 is 0 Å². The summed E-state index contributed by atoms with van der Waals surface area (Å²) in [5.41, 5.74) is 0.679. The number of anilines is 1. The third kappa shape index (κ3) is 3.30. The highest BCUT2D eigenvalue weighted by Crippen LogP contribution is 2.29. The van der Waals surface area contributed by atoms with Crippen molar-refractivity contribution in [2.45, 2.75) is 32.3 Å². The molecule has 1 atom stereocenters. The Bertz CT molecular complexity index is 386. The molecule has 3 nitrogen and oxygen atoms in total. The normalized spacial score (nSPS) is 23.1. The Kier molecular flexibility index (Phi) is 3.48. The van der Waals surface area contributed by atoms with Crippen LogP contribution in [0.2, 0.25) is 0 Å². The smallest absolute Gasteiger partial charge is 0.227 e. The van der Waals surface area contributed by atoms with Crippen LogP contribution in [0, 0.1) is 5.92 Å². The van der Waals surface area contributed by atoms with Crippen molar-refractivity contribution >= 4 is 11.6 Å². The van der Waals surface area contributed by atoms with Crippen LogP contribution in [0.1, 0.15) is 26.7 Å². The van der Waals surface area contributed by atoms with E-state index in [1.807, 2.05) is 44.2 Å². The van der Waals surface area contributed by atoms with Crippen LogP contribution in [0.5, 0.6) is 0 Å². The summed E-state index contributed by atoms with van der Waals surface area (Å²) in [5.74, 6) is 0.159. The van der Waals surface area contributed by atoms with Gasteiger partial charge in [-0.25, -0.2) is 0 Å². The molecule has 1 aromatic carbocycles. The van der Waals surface area contributed by atoms with E-state index in [-0.39, 0.29) is 17.4 Å². The number of carbonyl (C=O) groups is 1. The molecule has 1 amide bonds. The summed E-state index contributed by atoms with van der Waals surface area (Å²) in [5, 5.41) is 2.95. The molecular weight excluding hydrogens is 214 g/mol. The van der Waals surface area contributed by atoms with Crippen molar-refractivity contribution in [2.24, 2.45) is 5.92 Å². The molecule has 0 radical (unpaired) electrons. The Morgan fingerprint density at radius 1 is 1.35 bits per heavy atom. The van der Waals surface area contributed by atoms with Gasteiger partial charge in [0.2, 0.25) is 5.91 Å². The predicted octanol–water partition coefficient (Wildman–Crippen LogP) is 2.83. The summed E-state index contributed by atoms with van der Waals surface area (Å²) in [6.07, 6.45) is 1.59. The fraction of sp³-hybridized carbons (Fsp3) is 0.500. The quantitative estimate of drug-likeness (QED) is 0.853. The van der Waals surface area contributed by atoms with Crippen LogP contribution < -0.4 is 5.32 Å². The molecule has 0 saturated carbocycles. The molecular formula is C14H19NO2. The molecule has 3 heteroatoms. The van der Waals surface area contributed by atoms with E-state index >= 15 is 0 Å². The van der Waals surface area contributed by atoms with Crippen molar-refractivity contribution in [1.82, 2.24) is 0 Å². The van der Waals surface area contributed by atoms with Crippen LogP contribution in [0.4, 0.5) is 5.69 Å². The molecule has 1 N–H and O–H groups in total. The molecule has 0 aromatic heterocycles. The minimum Gasteiger partial charge on any atom is -0.376 e. The first kappa shape index (κ1) is 12.1. The summed E-state index contributed by atoms with van der Waals surface area (Å²) in [6, 6.07) is 9.59. The minimum atomic E-state index is -0.184. The first-order chi connectivity index (χ1) is 8.07. The van der Waals surface area contributed by atoms with Crippen molar-refractivity contribution in [3.05, 3.63) is 30.3 Å². The lowest BCUT2D eigenvalue weighted by molar-refractivity contribution is -0.130. The zero-order valence-corrected chi connectivity index (χ0v) is 10.4. The predicted molar refractivity (Wildman–Crippen MR) is 67.8 cm³/mol. The molecule has 1 unspecified atom stereocenters. The number of benzene rings is 1. The zero-order valence-electron chi connectivity index (χ0n) is 10.4. The van der Waals surface area contributed by atoms with Gasteiger partial charge in [0.1, 0.15) is 0 Å². The summed E-state index contributed by atoms with van der Waals surface area (Å²) >= 11 is 0. The second kappa shape index (κ2) is 4.88. The van der Waals surface area contributed by atoms with Crippen LogP contribution in [0.3, 0.4) is 0 Å². The zero-order chi connectivity index (χ0) is 12.3. The van der Waals surface area contributed by atoms with Gasteiger partial charge in [-0.1, -0.05) is 18.2 Å².